The SMILES string of the molecule is CCC(OC(=O)c1c(-c2ccccc2)c2ccccc2c(=O)n1C)C(=O)Nc1nc(C)cs1. The highest BCUT2D eigenvalue weighted by Crippen LogP contribution is 2.31. The zero-order valence-electron chi connectivity index (χ0n) is 18.5. The molecule has 0 radical (unpaired) electrons. The molecule has 1 unspecified atom stereocenters. The maximum Gasteiger partial charge on any atom is 0.356 e. The summed E-state index contributed by atoms with van der Waals surface area (Å²) in [5.74, 6) is -1.20. The van der Waals surface area contributed by atoms with Crippen LogP contribution in [0.5, 0.6) is 0 Å². The number of hydrogen-bond acceptors (Lipinski definition) is 6. The minimum absolute atomic E-state index is 0.0984. The molecule has 0 saturated heterocycles. The molecule has 168 valence electrons. The van der Waals surface area contributed by atoms with Crippen LogP contribution in [0.2, 0.25) is 0 Å². The quantitative estimate of drug-likeness (QED) is 0.426. The summed E-state index contributed by atoms with van der Waals surface area (Å²) in [5.41, 5.74) is 1.93. The molecule has 0 spiro atoms. The van der Waals surface area contributed by atoms with Gasteiger partial charge >= 0.3 is 5.97 Å². The smallest absolute Gasteiger partial charge is 0.356 e. The summed E-state index contributed by atoms with van der Waals surface area (Å²) < 4.78 is 6.93. The van der Waals surface area contributed by atoms with E-state index in [9.17, 15) is 14.4 Å². The fraction of sp³-hybridized carbons (Fsp3) is 0.200. The van der Waals surface area contributed by atoms with Gasteiger partial charge in [0.2, 0.25) is 0 Å². The van der Waals surface area contributed by atoms with Crippen LogP contribution >= 0.6 is 11.3 Å². The standard InChI is InChI=1S/C25H23N3O4S/c1-4-19(22(29)27-25-26-15(2)14-33-25)32-24(31)21-20(16-10-6-5-7-11-16)17-12-8-9-13-18(17)23(30)28(21)3/h5-14,19H,4H2,1-3H3,(H,26,27,29). The number of nitrogens with one attached hydrogen (secondary N) is 1. The van der Waals surface area contributed by atoms with Crippen molar-refractivity contribution in [2.45, 2.75) is 26.4 Å². The Balaban J connectivity index is 1.76. The first-order chi connectivity index (χ1) is 15.9. The Labute approximate surface area is 194 Å². The van der Waals surface area contributed by atoms with Gasteiger partial charge in [-0.3, -0.25) is 14.9 Å². The van der Waals surface area contributed by atoms with Crippen LogP contribution in [0.4, 0.5) is 5.13 Å². The highest BCUT2D eigenvalue weighted by Gasteiger charge is 2.28. The zero-order chi connectivity index (χ0) is 23.5. The second kappa shape index (κ2) is 9.38. The Morgan fingerprint density at radius 1 is 1.09 bits per heavy atom. The fourth-order valence-corrected chi connectivity index (χ4v) is 4.40. The molecule has 4 rings (SSSR count). The van der Waals surface area contributed by atoms with Crippen molar-refractivity contribution in [1.82, 2.24) is 9.55 Å². The minimum Gasteiger partial charge on any atom is -0.448 e. The lowest BCUT2D eigenvalue weighted by molar-refractivity contribution is -0.124. The third-order valence-electron chi connectivity index (χ3n) is 5.32. The van der Waals surface area contributed by atoms with Crippen LogP contribution in [0.15, 0.2) is 64.8 Å². The van der Waals surface area contributed by atoms with Crippen molar-refractivity contribution < 1.29 is 14.3 Å². The Bertz CT molecular complexity index is 1390. The first-order valence-electron chi connectivity index (χ1n) is 10.5. The van der Waals surface area contributed by atoms with Gasteiger partial charge in [0.1, 0.15) is 5.69 Å². The van der Waals surface area contributed by atoms with Gasteiger partial charge in [-0.25, -0.2) is 9.78 Å². The van der Waals surface area contributed by atoms with E-state index in [1.807, 2.05) is 54.8 Å². The fourth-order valence-electron chi connectivity index (χ4n) is 3.71. The summed E-state index contributed by atoms with van der Waals surface area (Å²) in [7, 11) is 1.54. The molecule has 2 aromatic carbocycles. The largest absolute Gasteiger partial charge is 0.448 e. The van der Waals surface area contributed by atoms with Crippen LogP contribution in [-0.4, -0.2) is 27.5 Å². The molecule has 33 heavy (non-hydrogen) atoms. The highest BCUT2D eigenvalue weighted by atomic mass is 32.1. The molecule has 0 aliphatic rings. The lowest BCUT2D eigenvalue weighted by atomic mass is 9.97. The Morgan fingerprint density at radius 3 is 2.39 bits per heavy atom. The maximum atomic E-state index is 13.4. The Kier molecular flexibility index (Phi) is 6.37. The van der Waals surface area contributed by atoms with Crippen LogP contribution < -0.4 is 10.9 Å². The second-order valence-corrected chi connectivity index (χ2v) is 8.44. The summed E-state index contributed by atoms with van der Waals surface area (Å²) in [6.07, 6.45) is -0.767. The van der Waals surface area contributed by atoms with Crippen LogP contribution in [0.25, 0.3) is 21.9 Å². The van der Waals surface area contributed by atoms with Gasteiger partial charge in [-0.05, 0) is 30.4 Å². The van der Waals surface area contributed by atoms with Gasteiger partial charge < -0.3 is 9.30 Å². The molecule has 1 amide bonds. The minimum atomic E-state index is -1.04. The molecule has 0 aliphatic carbocycles. The van der Waals surface area contributed by atoms with Gasteiger partial charge in [0.05, 0.1) is 5.69 Å². The number of esters is 1. The predicted octanol–water partition coefficient (Wildman–Crippen LogP) is 4.54. The number of thiazole rings is 1. The summed E-state index contributed by atoms with van der Waals surface area (Å²) in [6.45, 7) is 3.58. The lowest BCUT2D eigenvalue weighted by Gasteiger charge is -2.20. The third kappa shape index (κ3) is 4.42. The number of benzene rings is 2. The molecule has 4 aromatic rings. The molecule has 0 fully saturated rings. The average Bonchev–Trinajstić information content (AvgIpc) is 3.24. The molecule has 0 aliphatic heterocycles. The Morgan fingerprint density at radius 2 is 1.76 bits per heavy atom. The predicted molar refractivity (Wildman–Crippen MR) is 130 cm³/mol. The molecular formula is C25H23N3O4S. The first-order valence-corrected chi connectivity index (χ1v) is 11.4. The number of anilines is 1. The molecule has 2 aromatic heterocycles. The van der Waals surface area contributed by atoms with E-state index < -0.39 is 18.0 Å². The van der Waals surface area contributed by atoms with E-state index in [0.717, 1.165) is 11.3 Å². The van der Waals surface area contributed by atoms with Crippen molar-refractivity contribution in [3.05, 3.63) is 81.7 Å². The number of rotatable bonds is 6. The lowest BCUT2D eigenvalue weighted by Crippen LogP contribution is -2.34. The summed E-state index contributed by atoms with van der Waals surface area (Å²) in [6, 6.07) is 16.5. The van der Waals surface area contributed by atoms with E-state index in [2.05, 4.69) is 10.3 Å². The number of aryl methyl sites for hydroxylation is 1. The summed E-state index contributed by atoms with van der Waals surface area (Å²) >= 11 is 1.30. The molecule has 8 heteroatoms. The van der Waals surface area contributed by atoms with Gasteiger partial charge in [0, 0.05) is 23.4 Å². The second-order valence-electron chi connectivity index (χ2n) is 7.58. The number of fused-ring (bicyclic) bond motifs is 1. The molecule has 0 bridgehead atoms. The molecule has 0 saturated carbocycles. The number of pyridine rings is 1. The number of ether oxygens (including phenoxy) is 1. The van der Waals surface area contributed by atoms with Crippen LogP contribution in [0, 0.1) is 6.92 Å². The molecular weight excluding hydrogens is 438 g/mol. The van der Waals surface area contributed by atoms with Gasteiger partial charge in [-0.15, -0.1) is 11.3 Å². The van der Waals surface area contributed by atoms with Crippen molar-refractivity contribution in [3.63, 3.8) is 0 Å². The topological polar surface area (TPSA) is 90.3 Å². The number of hydrogen-bond donors (Lipinski definition) is 1. The van der Waals surface area contributed by atoms with E-state index >= 15 is 0 Å². The van der Waals surface area contributed by atoms with Crippen LogP contribution in [0.3, 0.4) is 0 Å². The van der Waals surface area contributed by atoms with E-state index in [4.69, 9.17) is 4.74 Å². The monoisotopic (exact) mass is 461 g/mol. The molecule has 7 nitrogen and oxygen atoms in total. The van der Waals surface area contributed by atoms with Crippen LogP contribution in [-0.2, 0) is 16.6 Å². The molecule has 1 atom stereocenters. The van der Waals surface area contributed by atoms with Gasteiger partial charge in [0.15, 0.2) is 11.2 Å². The number of carbonyl (C=O) groups excluding carboxylic acids is 2. The maximum absolute atomic E-state index is 13.4. The molecule has 2 heterocycles. The highest BCUT2D eigenvalue weighted by molar-refractivity contribution is 7.13. The third-order valence-corrected chi connectivity index (χ3v) is 6.20. The normalized spacial score (nSPS) is 11.8. The number of nitrogens with zero attached hydrogens (tertiary/aromatic N) is 2. The summed E-state index contributed by atoms with van der Waals surface area (Å²) in [5, 5.41) is 6.10. The van der Waals surface area contributed by atoms with Crippen molar-refractivity contribution >= 4 is 39.1 Å². The van der Waals surface area contributed by atoms with Crippen LogP contribution in [0.1, 0.15) is 29.5 Å². The molecule has 1 N–H and O–H groups in total. The van der Waals surface area contributed by atoms with Gasteiger partial charge in [-0.1, -0.05) is 55.5 Å². The van der Waals surface area contributed by atoms with Gasteiger partial charge in [0.25, 0.3) is 11.5 Å². The summed E-state index contributed by atoms with van der Waals surface area (Å²) in [4.78, 5) is 43.4. The van der Waals surface area contributed by atoms with E-state index in [0.29, 0.717) is 21.5 Å². The van der Waals surface area contributed by atoms with Crippen molar-refractivity contribution in [2.75, 3.05) is 5.32 Å². The zero-order valence-corrected chi connectivity index (χ0v) is 19.3. The Hall–Kier alpha value is -3.78. The average molecular weight is 462 g/mol. The first kappa shape index (κ1) is 22.4. The van der Waals surface area contributed by atoms with E-state index in [1.165, 1.54) is 23.0 Å². The number of amides is 1. The van der Waals surface area contributed by atoms with E-state index in [-0.39, 0.29) is 17.7 Å². The number of aromatic nitrogens is 2. The van der Waals surface area contributed by atoms with Crippen molar-refractivity contribution in [3.8, 4) is 11.1 Å². The van der Waals surface area contributed by atoms with Crippen molar-refractivity contribution in [1.29, 1.82) is 0 Å². The van der Waals surface area contributed by atoms with Gasteiger partial charge in [-0.2, -0.15) is 0 Å². The number of carbonyl (C=O) groups is 2. The van der Waals surface area contributed by atoms with E-state index in [1.54, 1.807) is 19.1 Å². The van der Waals surface area contributed by atoms with Crippen molar-refractivity contribution in [2.24, 2.45) is 7.05 Å².